The van der Waals surface area contributed by atoms with Gasteiger partial charge in [-0.15, -0.1) is 0 Å². The standard InChI is InChI=1S/C27H22ClN3O/c1-18(19-6-4-3-5-7-19)30-27-25(17-29)24(20-8-12-22(28)13-9-20)16-26(31-27)21-10-14-23(32-2)15-11-21/h3-16,18H,1-2H3,(H,30,31)/t18-/m1/s1. The number of rotatable bonds is 6. The summed E-state index contributed by atoms with van der Waals surface area (Å²) >= 11 is 6.09. The molecule has 0 amide bonds. The van der Waals surface area contributed by atoms with Crippen molar-refractivity contribution in [2.24, 2.45) is 0 Å². The minimum absolute atomic E-state index is 0.0278. The van der Waals surface area contributed by atoms with Crippen LogP contribution in [0.2, 0.25) is 5.02 Å². The van der Waals surface area contributed by atoms with Gasteiger partial charge < -0.3 is 10.1 Å². The highest BCUT2D eigenvalue weighted by Gasteiger charge is 2.17. The zero-order valence-corrected chi connectivity index (χ0v) is 18.6. The quantitative estimate of drug-likeness (QED) is 0.347. The van der Waals surface area contributed by atoms with Crippen molar-refractivity contribution < 1.29 is 4.74 Å². The van der Waals surface area contributed by atoms with Gasteiger partial charge in [-0.1, -0.05) is 54.1 Å². The van der Waals surface area contributed by atoms with E-state index in [1.165, 1.54) is 0 Å². The summed E-state index contributed by atoms with van der Waals surface area (Å²) in [5.41, 5.74) is 5.00. The van der Waals surface area contributed by atoms with Crippen molar-refractivity contribution in [3.05, 3.63) is 101 Å². The number of ether oxygens (including phenoxy) is 1. The monoisotopic (exact) mass is 439 g/mol. The van der Waals surface area contributed by atoms with E-state index in [1.807, 2.05) is 72.8 Å². The van der Waals surface area contributed by atoms with Crippen LogP contribution in [0, 0.1) is 11.3 Å². The number of methoxy groups -OCH3 is 1. The molecule has 0 aliphatic heterocycles. The summed E-state index contributed by atoms with van der Waals surface area (Å²) in [6.45, 7) is 2.06. The summed E-state index contributed by atoms with van der Waals surface area (Å²) in [7, 11) is 1.64. The molecule has 0 bridgehead atoms. The van der Waals surface area contributed by atoms with Gasteiger partial charge in [0.2, 0.25) is 0 Å². The number of hydrogen-bond acceptors (Lipinski definition) is 4. The molecule has 0 radical (unpaired) electrons. The zero-order valence-electron chi connectivity index (χ0n) is 17.8. The van der Waals surface area contributed by atoms with Gasteiger partial charge in [-0.25, -0.2) is 4.98 Å². The van der Waals surface area contributed by atoms with E-state index < -0.39 is 0 Å². The molecule has 32 heavy (non-hydrogen) atoms. The minimum atomic E-state index is -0.0278. The highest BCUT2D eigenvalue weighted by Crippen LogP contribution is 2.34. The van der Waals surface area contributed by atoms with Crippen LogP contribution in [0.15, 0.2) is 84.9 Å². The predicted octanol–water partition coefficient (Wildman–Crippen LogP) is 7.12. The second-order valence-electron chi connectivity index (χ2n) is 7.40. The average Bonchev–Trinajstić information content (AvgIpc) is 2.84. The number of pyridine rings is 1. The van der Waals surface area contributed by atoms with Crippen molar-refractivity contribution in [2.45, 2.75) is 13.0 Å². The van der Waals surface area contributed by atoms with Crippen LogP contribution in [0.4, 0.5) is 5.82 Å². The molecule has 5 heteroatoms. The maximum absolute atomic E-state index is 10.1. The first-order valence-electron chi connectivity index (χ1n) is 10.3. The third-order valence-corrected chi connectivity index (χ3v) is 5.58. The lowest BCUT2D eigenvalue weighted by atomic mass is 9.98. The summed E-state index contributed by atoms with van der Waals surface area (Å²) in [4.78, 5) is 4.84. The highest BCUT2D eigenvalue weighted by atomic mass is 35.5. The molecular weight excluding hydrogens is 418 g/mol. The SMILES string of the molecule is COc1ccc(-c2cc(-c3ccc(Cl)cc3)c(C#N)c(N[C@H](C)c3ccccc3)n2)cc1. The van der Waals surface area contributed by atoms with E-state index >= 15 is 0 Å². The van der Waals surface area contributed by atoms with E-state index in [-0.39, 0.29) is 6.04 Å². The Kier molecular flexibility index (Phi) is 6.39. The molecule has 1 heterocycles. The molecule has 0 fully saturated rings. The molecule has 0 aliphatic rings. The van der Waals surface area contributed by atoms with Crippen LogP contribution >= 0.6 is 11.6 Å². The molecule has 0 saturated heterocycles. The average molecular weight is 440 g/mol. The summed E-state index contributed by atoms with van der Waals surface area (Å²) in [5.74, 6) is 1.32. The largest absolute Gasteiger partial charge is 0.497 e. The van der Waals surface area contributed by atoms with Gasteiger partial charge in [0.1, 0.15) is 23.2 Å². The molecule has 1 N–H and O–H groups in total. The van der Waals surface area contributed by atoms with Crippen LogP contribution in [0.3, 0.4) is 0 Å². The summed E-state index contributed by atoms with van der Waals surface area (Å²) in [5, 5.41) is 14.1. The number of nitrogens with zero attached hydrogens (tertiary/aromatic N) is 2. The van der Waals surface area contributed by atoms with Gasteiger partial charge in [0.15, 0.2) is 0 Å². The molecule has 3 aromatic carbocycles. The smallest absolute Gasteiger partial charge is 0.145 e. The Morgan fingerprint density at radius 2 is 1.59 bits per heavy atom. The molecule has 0 spiro atoms. The first kappa shape index (κ1) is 21.4. The molecule has 4 nitrogen and oxygen atoms in total. The van der Waals surface area contributed by atoms with E-state index in [2.05, 4.69) is 30.4 Å². The fraction of sp³-hybridized carbons (Fsp3) is 0.111. The van der Waals surface area contributed by atoms with Gasteiger partial charge >= 0.3 is 0 Å². The topological polar surface area (TPSA) is 57.9 Å². The Balaban J connectivity index is 1.85. The second-order valence-corrected chi connectivity index (χ2v) is 7.84. The van der Waals surface area contributed by atoms with E-state index in [4.69, 9.17) is 21.3 Å². The molecule has 4 aromatic rings. The summed E-state index contributed by atoms with van der Waals surface area (Å²) in [6.07, 6.45) is 0. The number of nitrogens with one attached hydrogen (secondary N) is 1. The number of nitriles is 1. The van der Waals surface area contributed by atoms with Crippen molar-refractivity contribution in [3.63, 3.8) is 0 Å². The molecule has 0 saturated carbocycles. The van der Waals surface area contributed by atoms with Crippen LogP contribution in [0.1, 0.15) is 24.1 Å². The molecule has 158 valence electrons. The van der Waals surface area contributed by atoms with E-state index in [1.54, 1.807) is 7.11 Å². The molecule has 4 rings (SSSR count). The highest BCUT2D eigenvalue weighted by molar-refractivity contribution is 6.30. The lowest BCUT2D eigenvalue weighted by Crippen LogP contribution is -2.10. The minimum Gasteiger partial charge on any atom is -0.497 e. The summed E-state index contributed by atoms with van der Waals surface area (Å²) < 4.78 is 5.28. The molecule has 0 unspecified atom stereocenters. The Bertz CT molecular complexity index is 1250. The molecular formula is C27H22ClN3O. The second kappa shape index (κ2) is 9.55. The Morgan fingerprint density at radius 1 is 0.938 bits per heavy atom. The zero-order chi connectivity index (χ0) is 22.5. The van der Waals surface area contributed by atoms with Crippen LogP contribution < -0.4 is 10.1 Å². The van der Waals surface area contributed by atoms with E-state index in [0.717, 1.165) is 33.7 Å². The third-order valence-electron chi connectivity index (χ3n) is 5.33. The van der Waals surface area contributed by atoms with Crippen molar-refractivity contribution in [2.75, 3.05) is 12.4 Å². The van der Waals surface area contributed by atoms with Crippen molar-refractivity contribution >= 4 is 17.4 Å². The van der Waals surface area contributed by atoms with Gasteiger partial charge in [-0.2, -0.15) is 5.26 Å². The number of halogens is 1. The molecule has 0 aliphatic carbocycles. The van der Waals surface area contributed by atoms with Gasteiger partial charge in [0.05, 0.1) is 12.8 Å². The number of hydrogen-bond donors (Lipinski definition) is 1. The van der Waals surface area contributed by atoms with Gasteiger partial charge in [-0.05, 0) is 60.5 Å². The van der Waals surface area contributed by atoms with Crippen LogP contribution in [-0.4, -0.2) is 12.1 Å². The number of anilines is 1. The lowest BCUT2D eigenvalue weighted by molar-refractivity contribution is 0.415. The third kappa shape index (κ3) is 4.59. The first-order valence-corrected chi connectivity index (χ1v) is 10.6. The fourth-order valence-electron chi connectivity index (χ4n) is 3.56. The van der Waals surface area contributed by atoms with Crippen molar-refractivity contribution in [3.8, 4) is 34.2 Å². The van der Waals surface area contributed by atoms with Crippen molar-refractivity contribution in [1.82, 2.24) is 4.98 Å². The maximum Gasteiger partial charge on any atom is 0.145 e. The first-order chi connectivity index (χ1) is 15.6. The predicted molar refractivity (Wildman–Crippen MR) is 130 cm³/mol. The van der Waals surface area contributed by atoms with Gasteiger partial charge in [0.25, 0.3) is 0 Å². The van der Waals surface area contributed by atoms with Crippen LogP contribution in [0.5, 0.6) is 5.75 Å². The Hall–Kier alpha value is -3.81. The van der Waals surface area contributed by atoms with Gasteiger partial charge in [-0.3, -0.25) is 0 Å². The van der Waals surface area contributed by atoms with Gasteiger partial charge in [0, 0.05) is 22.2 Å². The molecule has 1 atom stereocenters. The normalized spacial score (nSPS) is 11.4. The van der Waals surface area contributed by atoms with E-state index in [0.29, 0.717) is 16.4 Å². The number of benzene rings is 3. The van der Waals surface area contributed by atoms with Crippen molar-refractivity contribution in [1.29, 1.82) is 5.26 Å². The lowest BCUT2D eigenvalue weighted by Gasteiger charge is -2.19. The number of aromatic nitrogens is 1. The van der Waals surface area contributed by atoms with Crippen LogP contribution in [0.25, 0.3) is 22.4 Å². The van der Waals surface area contributed by atoms with Crippen LogP contribution in [-0.2, 0) is 0 Å². The Morgan fingerprint density at radius 3 is 2.22 bits per heavy atom. The fourth-order valence-corrected chi connectivity index (χ4v) is 3.69. The molecule has 1 aromatic heterocycles. The maximum atomic E-state index is 10.1. The Labute approximate surface area is 193 Å². The van der Waals surface area contributed by atoms with E-state index in [9.17, 15) is 5.26 Å². The summed E-state index contributed by atoms with van der Waals surface area (Å²) in [6, 6.07) is 29.6.